The van der Waals surface area contributed by atoms with Crippen molar-refractivity contribution >= 4 is 17.3 Å². The Hall–Kier alpha value is -3.28. The van der Waals surface area contributed by atoms with Crippen molar-refractivity contribution in [3.05, 3.63) is 78.0 Å². The van der Waals surface area contributed by atoms with Gasteiger partial charge in [0.2, 0.25) is 5.84 Å². The first-order valence-electron chi connectivity index (χ1n) is 7.19. The number of aromatic nitrogens is 2. The number of rotatable bonds is 4. The molecule has 0 aliphatic rings. The summed E-state index contributed by atoms with van der Waals surface area (Å²) in [6.07, 6.45) is 0. The molecular formula is C17H16N6. The molecule has 23 heavy (non-hydrogen) atoms. The molecular weight excluding hydrogens is 288 g/mol. The average Bonchev–Trinajstić information content (AvgIpc) is 3.02. The molecule has 2 N–H and O–H groups in total. The largest absolute Gasteiger partial charge is 0.281 e. The number of nitrogens with zero attached hydrogens (tertiary/aromatic N) is 4. The molecule has 0 aliphatic heterocycles. The third-order valence-electron chi connectivity index (χ3n) is 3.04. The van der Waals surface area contributed by atoms with Crippen LogP contribution in [0.4, 0.5) is 11.5 Å². The molecule has 0 atom stereocenters. The molecule has 0 spiro atoms. The second-order valence-corrected chi connectivity index (χ2v) is 4.89. The number of hydrogen-bond acceptors (Lipinski definition) is 4. The standard InChI is InChI=1S/C17H16N6/c1-13-12-16(20-18-13)21-23-17(14-8-4-2-5-9-14)22-19-15-10-6-3-7-11-15/h2-12,19H,1H3,(H,18,20)/b22-17+,23-21?. The summed E-state index contributed by atoms with van der Waals surface area (Å²) in [6, 6.07) is 21.2. The molecule has 3 aromatic rings. The fourth-order valence-electron chi connectivity index (χ4n) is 1.92. The van der Waals surface area contributed by atoms with Crippen molar-refractivity contribution in [1.82, 2.24) is 10.2 Å². The van der Waals surface area contributed by atoms with Crippen molar-refractivity contribution in [2.45, 2.75) is 6.92 Å². The molecule has 114 valence electrons. The molecule has 1 aromatic heterocycles. The molecule has 1 heterocycles. The van der Waals surface area contributed by atoms with Crippen molar-refractivity contribution in [1.29, 1.82) is 0 Å². The summed E-state index contributed by atoms with van der Waals surface area (Å²) in [5, 5.41) is 19.6. The van der Waals surface area contributed by atoms with E-state index >= 15 is 0 Å². The van der Waals surface area contributed by atoms with Crippen molar-refractivity contribution in [2.75, 3.05) is 5.43 Å². The molecule has 3 rings (SSSR count). The number of para-hydroxylation sites is 1. The lowest BCUT2D eigenvalue weighted by Crippen LogP contribution is -2.00. The Morgan fingerprint density at radius 1 is 1.00 bits per heavy atom. The van der Waals surface area contributed by atoms with Crippen LogP contribution >= 0.6 is 0 Å². The highest BCUT2D eigenvalue weighted by Crippen LogP contribution is 2.12. The van der Waals surface area contributed by atoms with E-state index in [0.717, 1.165) is 16.9 Å². The third-order valence-corrected chi connectivity index (χ3v) is 3.04. The van der Waals surface area contributed by atoms with Gasteiger partial charge in [0.15, 0.2) is 5.82 Å². The summed E-state index contributed by atoms with van der Waals surface area (Å²) >= 11 is 0. The van der Waals surface area contributed by atoms with E-state index < -0.39 is 0 Å². The normalized spacial score (nSPS) is 11.8. The van der Waals surface area contributed by atoms with Crippen LogP contribution < -0.4 is 5.43 Å². The van der Waals surface area contributed by atoms with Crippen LogP contribution in [0.5, 0.6) is 0 Å². The van der Waals surface area contributed by atoms with E-state index in [1.165, 1.54) is 0 Å². The van der Waals surface area contributed by atoms with Crippen molar-refractivity contribution in [3.8, 4) is 0 Å². The number of hydrazone groups is 1. The van der Waals surface area contributed by atoms with E-state index in [1.54, 1.807) is 0 Å². The van der Waals surface area contributed by atoms with E-state index in [9.17, 15) is 0 Å². The van der Waals surface area contributed by atoms with Gasteiger partial charge in [-0.15, -0.1) is 10.2 Å². The zero-order valence-electron chi connectivity index (χ0n) is 12.6. The number of anilines is 1. The van der Waals surface area contributed by atoms with Crippen molar-refractivity contribution < 1.29 is 0 Å². The Labute approximate surface area is 134 Å². The van der Waals surface area contributed by atoms with Crippen LogP contribution in [0.3, 0.4) is 0 Å². The van der Waals surface area contributed by atoms with Gasteiger partial charge in [0.1, 0.15) is 0 Å². The first kappa shape index (κ1) is 14.6. The van der Waals surface area contributed by atoms with Gasteiger partial charge >= 0.3 is 0 Å². The lowest BCUT2D eigenvalue weighted by atomic mass is 10.2. The van der Waals surface area contributed by atoms with Gasteiger partial charge in [-0.3, -0.25) is 10.5 Å². The second kappa shape index (κ2) is 7.13. The van der Waals surface area contributed by atoms with Crippen molar-refractivity contribution in [2.24, 2.45) is 15.3 Å². The lowest BCUT2D eigenvalue weighted by molar-refractivity contribution is 1.03. The zero-order valence-corrected chi connectivity index (χ0v) is 12.6. The summed E-state index contributed by atoms with van der Waals surface area (Å²) in [7, 11) is 0. The molecule has 0 saturated carbocycles. The highest BCUT2D eigenvalue weighted by atomic mass is 15.3. The van der Waals surface area contributed by atoms with Gasteiger partial charge < -0.3 is 0 Å². The van der Waals surface area contributed by atoms with Crippen LogP contribution in [0.25, 0.3) is 0 Å². The first-order valence-corrected chi connectivity index (χ1v) is 7.19. The van der Waals surface area contributed by atoms with Crippen LogP contribution in [0, 0.1) is 6.92 Å². The molecule has 0 saturated heterocycles. The van der Waals surface area contributed by atoms with Gasteiger partial charge in [-0.2, -0.15) is 10.2 Å². The van der Waals surface area contributed by atoms with Gasteiger partial charge in [0, 0.05) is 17.3 Å². The molecule has 0 fully saturated rings. The Bertz CT molecular complexity index is 805. The predicted octanol–water partition coefficient (Wildman–Crippen LogP) is 4.28. The Morgan fingerprint density at radius 2 is 1.70 bits per heavy atom. The van der Waals surface area contributed by atoms with Gasteiger partial charge in [-0.25, -0.2) is 0 Å². The number of aryl methyl sites for hydroxylation is 1. The maximum Gasteiger partial charge on any atom is 0.201 e. The quantitative estimate of drug-likeness (QED) is 0.327. The molecule has 0 radical (unpaired) electrons. The number of azo groups is 1. The van der Waals surface area contributed by atoms with Gasteiger partial charge in [-0.1, -0.05) is 48.5 Å². The summed E-state index contributed by atoms with van der Waals surface area (Å²) in [5.41, 5.74) is 5.67. The molecule has 0 amide bonds. The number of amidine groups is 1. The number of benzene rings is 2. The Kier molecular flexibility index (Phi) is 4.54. The number of nitrogens with one attached hydrogen (secondary N) is 2. The Balaban J connectivity index is 1.86. The minimum Gasteiger partial charge on any atom is -0.281 e. The molecule has 6 nitrogen and oxygen atoms in total. The second-order valence-electron chi connectivity index (χ2n) is 4.89. The van der Waals surface area contributed by atoms with Crippen LogP contribution in [-0.2, 0) is 0 Å². The molecule has 0 aliphatic carbocycles. The molecule has 0 bridgehead atoms. The fourth-order valence-corrected chi connectivity index (χ4v) is 1.92. The lowest BCUT2D eigenvalue weighted by Gasteiger charge is -2.02. The number of H-pyrrole nitrogens is 1. The van der Waals surface area contributed by atoms with Crippen molar-refractivity contribution in [3.63, 3.8) is 0 Å². The maximum absolute atomic E-state index is 4.35. The van der Waals surface area contributed by atoms with Crippen LogP contribution in [0.2, 0.25) is 0 Å². The summed E-state index contributed by atoms with van der Waals surface area (Å²) < 4.78 is 0. The van der Waals surface area contributed by atoms with Gasteiger partial charge in [-0.05, 0) is 19.1 Å². The van der Waals surface area contributed by atoms with Gasteiger partial charge in [0.05, 0.1) is 5.69 Å². The molecule has 6 heteroatoms. The van der Waals surface area contributed by atoms with E-state index in [1.807, 2.05) is 73.7 Å². The van der Waals surface area contributed by atoms with E-state index in [2.05, 4.69) is 31.0 Å². The summed E-state index contributed by atoms with van der Waals surface area (Å²) in [5.74, 6) is 1.00. The minimum atomic E-state index is 0.482. The SMILES string of the molecule is Cc1cc(N=N/C(=N/Nc2ccccc2)c2ccccc2)n[nH]1. The van der Waals surface area contributed by atoms with Crippen LogP contribution in [0.1, 0.15) is 11.3 Å². The van der Waals surface area contributed by atoms with Crippen LogP contribution in [-0.4, -0.2) is 16.0 Å². The highest BCUT2D eigenvalue weighted by Gasteiger charge is 2.03. The van der Waals surface area contributed by atoms with E-state index in [0.29, 0.717) is 11.7 Å². The number of aromatic amines is 1. The first-order chi connectivity index (χ1) is 11.3. The minimum absolute atomic E-state index is 0.482. The molecule has 2 aromatic carbocycles. The third kappa shape index (κ3) is 4.10. The summed E-state index contributed by atoms with van der Waals surface area (Å²) in [4.78, 5) is 0. The monoisotopic (exact) mass is 304 g/mol. The smallest absolute Gasteiger partial charge is 0.201 e. The van der Waals surface area contributed by atoms with E-state index in [4.69, 9.17) is 0 Å². The van der Waals surface area contributed by atoms with Gasteiger partial charge in [0.25, 0.3) is 0 Å². The highest BCUT2D eigenvalue weighted by molar-refractivity contribution is 5.99. The van der Waals surface area contributed by atoms with Crippen LogP contribution in [0.15, 0.2) is 82.1 Å². The Morgan fingerprint density at radius 3 is 2.35 bits per heavy atom. The topological polar surface area (TPSA) is 77.8 Å². The molecule has 0 unspecified atom stereocenters. The maximum atomic E-state index is 4.35. The average molecular weight is 304 g/mol. The zero-order chi connectivity index (χ0) is 15.9. The van der Waals surface area contributed by atoms with E-state index in [-0.39, 0.29) is 0 Å². The predicted molar refractivity (Wildman–Crippen MR) is 90.9 cm³/mol. The summed E-state index contributed by atoms with van der Waals surface area (Å²) in [6.45, 7) is 1.91. The fraction of sp³-hybridized carbons (Fsp3) is 0.0588. The number of hydrogen-bond donors (Lipinski definition) is 2.